The van der Waals surface area contributed by atoms with E-state index in [0.29, 0.717) is 5.13 Å². The normalized spacial score (nSPS) is 16.0. The molecule has 5 heteroatoms. The van der Waals surface area contributed by atoms with E-state index in [1.165, 1.54) is 29.1 Å². The van der Waals surface area contributed by atoms with Gasteiger partial charge in [0.2, 0.25) is 5.91 Å². The molecule has 0 spiro atoms. The highest BCUT2D eigenvalue weighted by molar-refractivity contribution is 7.15. The highest BCUT2D eigenvalue weighted by Crippen LogP contribution is 2.29. The van der Waals surface area contributed by atoms with Crippen LogP contribution >= 0.6 is 11.3 Å². The number of carbonyl (C=O) groups excluding carboxylic acids is 1. The highest BCUT2D eigenvalue weighted by atomic mass is 32.1. The van der Waals surface area contributed by atoms with E-state index in [1.807, 2.05) is 6.07 Å². The van der Waals surface area contributed by atoms with Gasteiger partial charge in [-0.25, -0.2) is 4.98 Å². The van der Waals surface area contributed by atoms with Gasteiger partial charge in [0.15, 0.2) is 5.13 Å². The molecule has 0 radical (unpaired) electrons. The van der Waals surface area contributed by atoms with Crippen LogP contribution in [-0.4, -0.2) is 10.9 Å². The number of nitriles is 1. The van der Waals surface area contributed by atoms with E-state index in [1.54, 1.807) is 6.92 Å². The Kier molecular flexibility index (Phi) is 3.20. The summed E-state index contributed by atoms with van der Waals surface area (Å²) in [6.07, 6.45) is 4.46. The third-order valence-electron chi connectivity index (χ3n) is 2.66. The zero-order chi connectivity index (χ0) is 11.5. The van der Waals surface area contributed by atoms with Gasteiger partial charge in [-0.3, -0.25) is 4.79 Å². The third kappa shape index (κ3) is 2.22. The largest absolute Gasteiger partial charge is 0.301 e. The van der Waals surface area contributed by atoms with Crippen molar-refractivity contribution in [3.63, 3.8) is 0 Å². The molecular formula is C11H13N3OS. The number of amides is 1. The summed E-state index contributed by atoms with van der Waals surface area (Å²) in [4.78, 5) is 17.2. The molecule has 1 aliphatic carbocycles. The van der Waals surface area contributed by atoms with Gasteiger partial charge >= 0.3 is 0 Å². The molecule has 1 unspecified atom stereocenters. The predicted octanol–water partition coefficient (Wildman–Crippen LogP) is 2.12. The number of carbonyl (C=O) groups is 1. The van der Waals surface area contributed by atoms with Crippen LogP contribution < -0.4 is 5.32 Å². The molecule has 1 heterocycles. The Labute approximate surface area is 98.3 Å². The van der Waals surface area contributed by atoms with E-state index >= 15 is 0 Å². The number of hydrogen-bond acceptors (Lipinski definition) is 4. The van der Waals surface area contributed by atoms with E-state index in [0.717, 1.165) is 18.5 Å². The monoisotopic (exact) mass is 235 g/mol. The second kappa shape index (κ2) is 4.62. The lowest BCUT2D eigenvalue weighted by Crippen LogP contribution is -2.18. The van der Waals surface area contributed by atoms with Crippen LogP contribution in [0.4, 0.5) is 5.13 Å². The molecule has 1 N–H and O–H groups in total. The summed E-state index contributed by atoms with van der Waals surface area (Å²) in [6.45, 7) is 1.59. The first-order valence-electron chi connectivity index (χ1n) is 5.40. The van der Waals surface area contributed by atoms with Crippen LogP contribution in [0.15, 0.2) is 0 Å². The summed E-state index contributed by atoms with van der Waals surface area (Å²) in [5.74, 6) is -0.894. The van der Waals surface area contributed by atoms with Crippen molar-refractivity contribution in [2.45, 2.75) is 32.6 Å². The van der Waals surface area contributed by atoms with E-state index in [4.69, 9.17) is 5.26 Å². The van der Waals surface area contributed by atoms with Crippen molar-refractivity contribution >= 4 is 22.4 Å². The van der Waals surface area contributed by atoms with Crippen molar-refractivity contribution in [3.8, 4) is 6.07 Å². The first-order valence-corrected chi connectivity index (χ1v) is 6.21. The smallest absolute Gasteiger partial charge is 0.243 e. The van der Waals surface area contributed by atoms with Gasteiger partial charge in [0, 0.05) is 4.88 Å². The molecule has 84 valence electrons. The van der Waals surface area contributed by atoms with Crippen molar-refractivity contribution in [1.82, 2.24) is 4.98 Å². The average Bonchev–Trinajstić information content (AvgIpc) is 2.69. The Hall–Kier alpha value is -1.41. The molecule has 0 saturated carbocycles. The molecule has 1 amide bonds. The topological polar surface area (TPSA) is 65.8 Å². The number of anilines is 1. The van der Waals surface area contributed by atoms with Crippen LogP contribution in [-0.2, 0) is 17.6 Å². The molecule has 1 aromatic rings. The number of rotatable bonds is 2. The summed E-state index contributed by atoms with van der Waals surface area (Å²) in [7, 11) is 0. The van der Waals surface area contributed by atoms with Gasteiger partial charge in [0.25, 0.3) is 0 Å². The Bertz CT molecular complexity index is 423. The molecule has 0 aliphatic heterocycles. The number of nitrogens with zero attached hydrogens (tertiary/aromatic N) is 2. The van der Waals surface area contributed by atoms with Crippen LogP contribution in [0.5, 0.6) is 0 Å². The van der Waals surface area contributed by atoms with Gasteiger partial charge in [-0.1, -0.05) is 0 Å². The number of fused-ring (bicyclic) bond motifs is 1. The van der Waals surface area contributed by atoms with E-state index in [-0.39, 0.29) is 5.91 Å². The lowest BCUT2D eigenvalue weighted by molar-refractivity contribution is -0.117. The number of aryl methyl sites for hydroxylation is 2. The average molecular weight is 235 g/mol. The van der Waals surface area contributed by atoms with Crippen molar-refractivity contribution in [2.24, 2.45) is 5.92 Å². The molecular weight excluding hydrogens is 222 g/mol. The van der Waals surface area contributed by atoms with Crippen LogP contribution in [0.3, 0.4) is 0 Å². The molecule has 0 bridgehead atoms. The maximum atomic E-state index is 11.5. The minimum atomic E-state index is -0.624. The van der Waals surface area contributed by atoms with Gasteiger partial charge in [-0.15, -0.1) is 11.3 Å². The quantitative estimate of drug-likeness (QED) is 0.853. The highest BCUT2D eigenvalue weighted by Gasteiger charge is 2.18. The minimum absolute atomic E-state index is 0.270. The van der Waals surface area contributed by atoms with Crippen molar-refractivity contribution in [3.05, 3.63) is 10.6 Å². The number of aromatic nitrogens is 1. The SMILES string of the molecule is CC(C#N)C(=O)Nc1nc2c(s1)CCCC2. The summed E-state index contributed by atoms with van der Waals surface area (Å²) >= 11 is 1.54. The third-order valence-corrected chi connectivity index (χ3v) is 3.74. The van der Waals surface area contributed by atoms with Gasteiger partial charge in [-0.2, -0.15) is 5.26 Å². The molecule has 1 aromatic heterocycles. The number of thiazole rings is 1. The minimum Gasteiger partial charge on any atom is -0.301 e. The first-order chi connectivity index (χ1) is 7.70. The lowest BCUT2D eigenvalue weighted by atomic mass is 10.0. The molecule has 0 fully saturated rings. The van der Waals surface area contributed by atoms with E-state index in [2.05, 4.69) is 10.3 Å². The number of nitrogens with one attached hydrogen (secondary N) is 1. The lowest BCUT2D eigenvalue weighted by Gasteiger charge is -2.06. The molecule has 1 atom stereocenters. The van der Waals surface area contributed by atoms with Crippen LogP contribution in [0.25, 0.3) is 0 Å². The van der Waals surface area contributed by atoms with Gasteiger partial charge in [-0.05, 0) is 32.6 Å². The van der Waals surface area contributed by atoms with Crippen molar-refractivity contribution in [1.29, 1.82) is 5.26 Å². The van der Waals surface area contributed by atoms with Gasteiger partial charge in [0.1, 0.15) is 5.92 Å². The zero-order valence-corrected chi connectivity index (χ0v) is 9.93. The molecule has 0 saturated heterocycles. The van der Waals surface area contributed by atoms with E-state index < -0.39 is 5.92 Å². The summed E-state index contributed by atoms with van der Waals surface area (Å²) in [5.41, 5.74) is 1.12. The Balaban J connectivity index is 2.08. The van der Waals surface area contributed by atoms with Crippen LogP contribution in [0.1, 0.15) is 30.3 Å². The fourth-order valence-electron chi connectivity index (χ4n) is 1.68. The summed E-state index contributed by atoms with van der Waals surface area (Å²) < 4.78 is 0. The van der Waals surface area contributed by atoms with Crippen molar-refractivity contribution in [2.75, 3.05) is 5.32 Å². The standard InChI is InChI=1S/C11H13N3OS/c1-7(6-12)10(15)14-11-13-8-4-2-3-5-9(8)16-11/h7H,2-5H2,1H3,(H,13,14,15). The Morgan fingerprint density at radius 3 is 3.00 bits per heavy atom. The first kappa shape index (κ1) is 11.1. The Morgan fingerprint density at radius 2 is 2.31 bits per heavy atom. The molecule has 2 rings (SSSR count). The zero-order valence-electron chi connectivity index (χ0n) is 9.12. The second-order valence-electron chi connectivity index (χ2n) is 3.94. The van der Waals surface area contributed by atoms with Gasteiger partial charge in [0.05, 0.1) is 11.8 Å². The fourth-order valence-corrected chi connectivity index (χ4v) is 2.73. The molecule has 16 heavy (non-hydrogen) atoms. The number of hydrogen-bond donors (Lipinski definition) is 1. The fraction of sp³-hybridized carbons (Fsp3) is 0.545. The predicted molar refractivity (Wildman–Crippen MR) is 62.2 cm³/mol. The van der Waals surface area contributed by atoms with Gasteiger partial charge < -0.3 is 5.32 Å². The maximum absolute atomic E-state index is 11.5. The Morgan fingerprint density at radius 1 is 1.56 bits per heavy atom. The van der Waals surface area contributed by atoms with Crippen LogP contribution in [0, 0.1) is 17.2 Å². The second-order valence-corrected chi connectivity index (χ2v) is 5.02. The summed E-state index contributed by atoms with van der Waals surface area (Å²) in [5, 5.41) is 12.0. The summed E-state index contributed by atoms with van der Waals surface area (Å²) in [6, 6.07) is 1.91. The van der Waals surface area contributed by atoms with Crippen LogP contribution in [0.2, 0.25) is 0 Å². The molecule has 4 nitrogen and oxygen atoms in total. The maximum Gasteiger partial charge on any atom is 0.243 e. The van der Waals surface area contributed by atoms with Crippen molar-refractivity contribution < 1.29 is 4.79 Å². The molecule has 1 aliphatic rings. The molecule has 0 aromatic carbocycles. The van der Waals surface area contributed by atoms with E-state index in [9.17, 15) is 4.79 Å².